The Kier molecular flexibility index (Phi) is 6.11. The molecule has 2 fully saturated rings. The summed E-state index contributed by atoms with van der Waals surface area (Å²) in [4.78, 5) is 15.2. The summed E-state index contributed by atoms with van der Waals surface area (Å²) >= 11 is 5.98. The second-order valence-corrected chi connectivity index (χ2v) is 11.0. The highest BCUT2D eigenvalue weighted by Crippen LogP contribution is 2.36. The van der Waals surface area contributed by atoms with Gasteiger partial charge in [-0.25, -0.2) is 8.42 Å². The minimum Gasteiger partial charge on any atom is -0.323 e. The highest BCUT2D eigenvalue weighted by molar-refractivity contribution is 7.89. The Morgan fingerprint density at radius 1 is 1.21 bits per heavy atom. The van der Waals surface area contributed by atoms with E-state index >= 15 is 0 Å². The van der Waals surface area contributed by atoms with Crippen molar-refractivity contribution in [1.29, 1.82) is 0 Å². The fourth-order valence-corrected chi connectivity index (χ4v) is 5.92. The van der Waals surface area contributed by atoms with Gasteiger partial charge >= 0.3 is 0 Å². The quantitative estimate of drug-likeness (QED) is 0.784. The molecule has 8 heteroatoms. The van der Waals surface area contributed by atoms with Crippen LogP contribution in [0.15, 0.2) is 29.2 Å². The molecule has 2 aliphatic heterocycles. The van der Waals surface area contributed by atoms with Crippen LogP contribution < -0.4 is 5.32 Å². The number of carbonyl (C=O) groups excluding carboxylic acids is 1. The van der Waals surface area contributed by atoms with Crippen LogP contribution in [0.3, 0.4) is 0 Å². The zero-order valence-electron chi connectivity index (χ0n) is 17.0. The average molecular weight is 428 g/mol. The summed E-state index contributed by atoms with van der Waals surface area (Å²) in [7, 11) is -3.60. The molecule has 0 aromatic heterocycles. The fraction of sp³-hybridized carbons (Fsp3) is 0.650. The monoisotopic (exact) mass is 427 g/mol. The molecule has 1 spiro atoms. The van der Waals surface area contributed by atoms with E-state index in [-0.39, 0.29) is 22.8 Å². The van der Waals surface area contributed by atoms with Crippen LogP contribution in [0.25, 0.3) is 0 Å². The van der Waals surface area contributed by atoms with Gasteiger partial charge in [0, 0.05) is 24.7 Å². The second-order valence-electron chi connectivity index (χ2n) is 8.60. The Hall–Kier alpha value is -1.15. The number of nitrogens with one attached hydrogen (secondary N) is 1. The number of rotatable bonds is 5. The molecule has 1 amide bonds. The number of halogens is 1. The highest BCUT2D eigenvalue weighted by atomic mass is 35.5. The first-order valence-corrected chi connectivity index (χ1v) is 11.7. The molecular weight excluding hydrogens is 398 g/mol. The van der Waals surface area contributed by atoms with Crippen molar-refractivity contribution in [1.82, 2.24) is 14.5 Å². The molecule has 0 saturated carbocycles. The molecule has 1 aromatic rings. The fourth-order valence-electron chi connectivity index (χ4n) is 4.18. The zero-order valence-corrected chi connectivity index (χ0v) is 18.6. The standard InChI is InChI=1S/C20H30ClN3O3S/c1-14(2)13-24-19(25)18(15(3)4)22-20(24)8-10-23(11-9-20)28(26,27)17-7-5-6-16(21)12-17/h5-7,12,14-15,18,22H,8-11,13H2,1-4H3/t18-/m0/s1. The lowest BCUT2D eigenvalue weighted by atomic mass is 9.96. The molecule has 0 radical (unpaired) electrons. The van der Waals surface area contributed by atoms with Gasteiger partial charge in [0.15, 0.2) is 0 Å². The second kappa shape index (κ2) is 7.94. The van der Waals surface area contributed by atoms with E-state index in [2.05, 4.69) is 19.2 Å². The number of hydrogen-bond acceptors (Lipinski definition) is 4. The van der Waals surface area contributed by atoms with Gasteiger partial charge in [-0.1, -0.05) is 45.4 Å². The first-order chi connectivity index (χ1) is 13.1. The molecule has 28 heavy (non-hydrogen) atoms. The van der Waals surface area contributed by atoms with Crippen LogP contribution in [0, 0.1) is 11.8 Å². The molecule has 1 aromatic carbocycles. The number of hydrogen-bond donors (Lipinski definition) is 1. The van der Waals surface area contributed by atoms with Gasteiger partial charge in [-0.3, -0.25) is 10.1 Å². The maximum atomic E-state index is 13.0. The first kappa shape index (κ1) is 21.6. The molecule has 2 heterocycles. The summed E-state index contributed by atoms with van der Waals surface area (Å²) in [6.07, 6.45) is 1.16. The van der Waals surface area contributed by atoms with E-state index in [0.717, 1.165) is 0 Å². The predicted molar refractivity (Wildman–Crippen MR) is 110 cm³/mol. The maximum Gasteiger partial charge on any atom is 0.243 e. The predicted octanol–water partition coefficient (Wildman–Crippen LogP) is 2.93. The Bertz CT molecular complexity index is 833. The summed E-state index contributed by atoms with van der Waals surface area (Å²) in [5, 5.41) is 3.97. The number of benzene rings is 1. The normalized spacial score (nSPS) is 23.3. The number of carbonyl (C=O) groups is 1. The van der Waals surface area contributed by atoms with Gasteiger partial charge in [-0.15, -0.1) is 0 Å². The lowest BCUT2D eigenvalue weighted by molar-refractivity contribution is -0.134. The van der Waals surface area contributed by atoms with Gasteiger partial charge < -0.3 is 4.90 Å². The van der Waals surface area contributed by atoms with E-state index in [0.29, 0.717) is 43.4 Å². The molecule has 2 aliphatic rings. The van der Waals surface area contributed by atoms with E-state index in [4.69, 9.17) is 11.6 Å². The Morgan fingerprint density at radius 3 is 2.39 bits per heavy atom. The van der Waals surface area contributed by atoms with Crippen molar-refractivity contribution in [3.63, 3.8) is 0 Å². The largest absolute Gasteiger partial charge is 0.323 e. The van der Waals surface area contributed by atoms with Crippen LogP contribution in [0.5, 0.6) is 0 Å². The van der Waals surface area contributed by atoms with Crippen LogP contribution >= 0.6 is 11.6 Å². The molecule has 0 aliphatic carbocycles. The lowest BCUT2D eigenvalue weighted by Crippen LogP contribution is -2.60. The van der Waals surface area contributed by atoms with Crippen LogP contribution in [0.2, 0.25) is 5.02 Å². The first-order valence-electron chi connectivity index (χ1n) is 9.92. The van der Waals surface area contributed by atoms with Crippen molar-refractivity contribution in [2.45, 2.75) is 57.1 Å². The summed E-state index contributed by atoms with van der Waals surface area (Å²) in [5.74, 6) is 0.673. The average Bonchev–Trinajstić information content (AvgIpc) is 2.88. The van der Waals surface area contributed by atoms with Crippen molar-refractivity contribution in [2.24, 2.45) is 11.8 Å². The summed E-state index contributed by atoms with van der Waals surface area (Å²) in [6.45, 7) is 9.70. The van der Waals surface area contributed by atoms with Crippen molar-refractivity contribution in [2.75, 3.05) is 19.6 Å². The van der Waals surface area contributed by atoms with Gasteiger partial charge in [0.1, 0.15) is 0 Å². The summed E-state index contributed by atoms with van der Waals surface area (Å²) in [5.41, 5.74) is -0.462. The molecule has 0 bridgehead atoms. The zero-order chi connectivity index (χ0) is 20.7. The van der Waals surface area contributed by atoms with Gasteiger partial charge in [0.2, 0.25) is 15.9 Å². The molecule has 6 nitrogen and oxygen atoms in total. The molecule has 156 valence electrons. The third kappa shape index (κ3) is 3.95. The van der Waals surface area contributed by atoms with Crippen LogP contribution in [-0.2, 0) is 14.8 Å². The number of amides is 1. The van der Waals surface area contributed by atoms with Gasteiger partial charge in [-0.2, -0.15) is 4.31 Å². The van der Waals surface area contributed by atoms with Crippen molar-refractivity contribution < 1.29 is 13.2 Å². The maximum absolute atomic E-state index is 13.0. The van der Waals surface area contributed by atoms with Crippen LogP contribution in [0.4, 0.5) is 0 Å². The lowest BCUT2D eigenvalue weighted by Gasteiger charge is -2.44. The SMILES string of the molecule is CC(C)CN1C(=O)[C@H](C(C)C)NC12CCN(S(=O)(=O)c1cccc(Cl)c1)CC2. The molecule has 0 unspecified atom stereocenters. The van der Waals surface area contributed by atoms with Gasteiger partial charge in [0.05, 0.1) is 16.6 Å². The Morgan fingerprint density at radius 2 is 1.86 bits per heavy atom. The number of sulfonamides is 1. The summed E-state index contributed by atoms with van der Waals surface area (Å²) in [6, 6.07) is 6.15. The van der Waals surface area contributed by atoms with Gasteiger partial charge in [-0.05, 0) is 42.9 Å². The minimum atomic E-state index is -3.60. The summed E-state index contributed by atoms with van der Waals surface area (Å²) < 4.78 is 27.5. The van der Waals surface area contributed by atoms with E-state index in [1.807, 2.05) is 18.7 Å². The molecule has 3 rings (SSSR count). The minimum absolute atomic E-state index is 0.134. The molecule has 1 N–H and O–H groups in total. The van der Waals surface area contributed by atoms with Crippen molar-refractivity contribution >= 4 is 27.5 Å². The smallest absolute Gasteiger partial charge is 0.243 e. The van der Waals surface area contributed by atoms with E-state index < -0.39 is 15.7 Å². The van der Waals surface area contributed by atoms with E-state index in [1.165, 1.54) is 10.4 Å². The van der Waals surface area contributed by atoms with E-state index in [9.17, 15) is 13.2 Å². The molecule has 2 saturated heterocycles. The van der Waals surface area contributed by atoms with Gasteiger partial charge in [0.25, 0.3) is 0 Å². The molecule has 1 atom stereocenters. The van der Waals surface area contributed by atoms with Crippen LogP contribution in [-0.4, -0.2) is 54.9 Å². The number of piperidine rings is 1. The Balaban J connectivity index is 1.81. The van der Waals surface area contributed by atoms with E-state index in [1.54, 1.807) is 18.2 Å². The highest BCUT2D eigenvalue weighted by Gasteiger charge is 2.53. The Labute approximate surface area is 173 Å². The van der Waals surface area contributed by atoms with Crippen molar-refractivity contribution in [3.8, 4) is 0 Å². The number of nitrogens with zero attached hydrogens (tertiary/aromatic N) is 2. The third-order valence-electron chi connectivity index (χ3n) is 5.67. The topological polar surface area (TPSA) is 69.7 Å². The third-order valence-corrected chi connectivity index (χ3v) is 7.80. The van der Waals surface area contributed by atoms with Crippen molar-refractivity contribution in [3.05, 3.63) is 29.3 Å². The van der Waals surface area contributed by atoms with Crippen LogP contribution in [0.1, 0.15) is 40.5 Å². The molecular formula is C20H30ClN3O3S.